The van der Waals surface area contributed by atoms with E-state index in [0.29, 0.717) is 10.9 Å². The van der Waals surface area contributed by atoms with E-state index in [-0.39, 0.29) is 16.8 Å². The van der Waals surface area contributed by atoms with Crippen LogP contribution in [0.5, 0.6) is 0 Å². The van der Waals surface area contributed by atoms with Crippen molar-refractivity contribution in [2.24, 2.45) is 0 Å². The van der Waals surface area contributed by atoms with E-state index in [1.54, 1.807) is 6.07 Å². The highest BCUT2D eigenvalue weighted by molar-refractivity contribution is 6.04. The van der Waals surface area contributed by atoms with Crippen molar-refractivity contribution in [3.63, 3.8) is 0 Å². The Bertz CT molecular complexity index is 951. The summed E-state index contributed by atoms with van der Waals surface area (Å²) < 4.78 is 27.1. The van der Waals surface area contributed by atoms with Crippen LogP contribution < -0.4 is 0 Å². The maximum absolute atomic E-state index is 14.0. The summed E-state index contributed by atoms with van der Waals surface area (Å²) in [6, 6.07) is 7.97. The molecule has 1 N–H and O–H groups in total. The molecule has 23 heavy (non-hydrogen) atoms. The summed E-state index contributed by atoms with van der Waals surface area (Å²) >= 11 is 0. The highest BCUT2D eigenvalue weighted by atomic mass is 19.1. The maximum atomic E-state index is 14.0. The van der Waals surface area contributed by atoms with Gasteiger partial charge in [0.25, 0.3) is 0 Å². The number of aromatic nitrogens is 1. The summed E-state index contributed by atoms with van der Waals surface area (Å²) in [6.07, 6.45) is 0. The highest BCUT2D eigenvalue weighted by Crippen LogP contribution is 2.29. The Labute approximate surface area is 131 Å². The predicted octanol–water partition coefficient (Wildman–Crippen LogP) is 4.50. The van der Waals surface area contributed by atoms with Crippen LogP contribution >= 0.6 is 0 Å². The van der Waals surface area contributed by atoms with Gasteiger partial charge in [0.2, 0.25) is 0 Å². The van der Waals surface area contributed by atoms with Crippen LogP contribution in [-0.2, 0) is 0 Å². The molecule has 0 spiro atoms. The first kappa shape index (κ1) is 15.1. The van der Waals surface area contributed by atoms with E-state index in [2.05, 4.69) is 4.98 Å². The highest BCUT2D eigenvalue weighted by Gasteiger charge is 2.17. The first-order valence-corrected chi connectivity index (χ1v) is 6.98. The fourth-order valence-electron chi connectivity index (χ4n) is 2.54. The van der Waals surface area contributed by atoms with E-state index in [0.717, 1.165) is 23.3 Å². The molecular weight excluding hydrogens is 300 g/mol. The topological polar surface area (TPSA) is 50.2 Å². The number of carbonyl (C=O) groups is 1. The fraction of sp³-hybridized carbons (Fsp3) is 0.111. The van der Waals surface area contributed by atoms with E-state index in [1.807, 2.05) is 19.9 Å². The number of pyridine rings is 1. The number of nitrogens with zero attached hydrogens (tertiary/aromatic N) is 1. The van der Waals surface area contributed by atoms with Gasteiger partial charge in [-0.1, -0.05) is 12.1 Å². The number of halogens is 2. The second-order valence-electron chi connectivity index (χ2n) is 5.39. The lowest BCUT2D eigenvalue weighted by atomic mass is 9.99. The van der Waals surface area contributed by atoms with Gasteiger partial charge in [-0.3, -0.25) is 0 Å². The molecule has 3 rings (SSSR count). The third-order valence-corrected chi connectivity index (χ3v) is 3.94. The van der Waals surface area contributed by atoms with Gasteiger partial charge < -0.3 is 5.11 Å². The Morgan fingerprint density at radius 3 is 2.48 bits per heavy atom. The van der Waals surface area contributed by atoms with Crippen LogP contribution in [0.4, 0.5) is 8.78 Å². The monoisotopic (exact) mass is 313 g/mol. The molecule has 3 nitrogen and oxygen atoms in total. The van der Waals surface area contributed by atoms with Crippen molar-refractivity contribution in [1.29, 1.82) is 0 Å². The van der Waals surface area contributed by atoms with Gasteiger partial charge in [-0.15, -0.1) is 0 Å². The number of carboxylic acids is 1. The summed E-state index contributed by atoms with van der Waals surface area (Å²) in [5.41, 5.74) is 2.56. The SMILES string of the molecule is Cc1ccc2c(C(=O)O)cc(-c3ccc(F)cc3F)nc2c1C. The van der Waals surface area contributed by atoms with Gasteiger partial charge in [-0.25, -0.2) is 18.6 Å². The van der Waals surface area contributed by atoms with Crippen LogP contribution in [-0.4, -0.2) is 16.1 Å². The molecule has 3 aromatic rings. The zero-order valence-electron chi connectivity index (χ0n) is 12.5. The molecule has 1 aromatic heterocycles. The van der Waals surface area contributed by atoms with Crippen molar-refractivity contribution < 1.29 is 18.7 Å². The van der Waals surface area contributed by atoms with E-state index in [9.17, 15) is 18.7 Å². The molecule has 116 valence electrons. The van der Waals surface area contributed by atoms with E-state index in [4.69, 9.17) is 0 Å². The Hall–Kier alpha value is -2.82. The molecule has 0 unspecified atom stereocenters. The van der Waals surface area contributed by atoms with E-state index in [1.165, 1.54) is 12.1 Å². The molecule has 0 atom stereocenters. The lowest BCUT2D eigenvalue weighted by Gasteiger charge is -2.11. The largest absolute Gasteiger partial charge is 0.478 e. The molecule has 0 amide bonds. The quantitative estimate of drug-likeness (QED) is 0.758. The van der Waals surface area contributed by atoms with Gasteiger partial charge in [-0.2, -0.15) is 0 Å². The molecule has 0 bridgehead atoms. The second-order valence-corrected chi connectivity index (χ2v) is 5.39. The molecule has 0 saturated heterocycles. The van der Waals surface area contributed by atoms with Gasteiger partial charge in [0, 0.05) is 17.0 Å². The number of hydrogen-bond donors (Lipinski definition) is 1. The lowest BCUT2D eigenvalue weighted by Crippen LogP contribution is -2.02. The minimum Gasteiger partial charge on any atom is -0.478 e. The Morgan fingerprint density at radius 1 is 1.09 bits per heavy atom. The van der Waals surface area contributed by atoms with Crippen molar-refractivity contribution in [3.8, 4) is 11.3 Å². The Kier molecular flexibility index (Phi) is 3.56. The van der Waals surface area contributed by atoms with Gasteiger partial charge in [-0.05, 0) is 43.2 Å². The molecule has 0 radical (unpaired) electrons. The number of fused-ring (bicyclic) bond motifs is 1. The summed E-state index contributed by atoms with van der Waals surface area (Å²) in [7, 11) is 0. The number of benzene rings is 2. The first-order chi connectivity index (χ1) is 10.9. The number of aromatic carboxylic acids is 1. The maximum Gasteiger partial charge on any atom is 0.336 e. The average molecular weight is 313 g/mol. The number of aryl methyl sites for hydroxylation is 2. The average Bonchev–Trinajstić information content (AvgIpc) is 2.50. The zero-order valence-corrected chi connectivity index (χ0v) is 12.5. The van der Waals surface area contributed by atoms with Crippen LogP contribution in [0.1, 0.15) is 21.5 Å². The Morgan fingerprint density at radius 2 is 1.83 bits per heavy atom. The second kappa shape index (κ2) is 5.43. The summed E-state index contributed by atoms with van der Waals surface area (Å²) in [4.78, 5) is 16.0. The third-order valence-electron chi connectivity index (χ3n) is 3.94. The fourth-order valence-corrected chi connectivity index (χ4v) is 2.54. The standard InChI is InChI=1S/C18H13F2NO2/c1-9-3-5-12-14(18(22)23)8-16(21-17(12)10(9)2)13-6-4-11(19)7-15(13)20/h3-8H,1-2H3,(H,22,23). The molecule has 0 aliphatic carbocycles. The van der Waals surface area contributed by atoms with Crippen molar-refractivity contribution in [1.82, 2.24) is 4.98 Å². The van der Waals surface area contributed by atoms with Gasteiger partial charge >= 0.3 is 5.97 Å². The molecule has 1 heterocycles. The van der Waals surface area contributed by atoms with Gasteiger partial charge in [0.15, 0.2) is 0 Å². The molecule has 5 heteroatoms. The summed E-state index contributed by atoms with van der Waals surface area (Å²) in [6.45, 7) is 3.73. The van der Waals surface area contributed by atoms with Crippen LogP contribution in [0.3, 0.4) is 0 Å². The summed E-state index contributed by atoms with van der Waals surface area (Å²) in [5.74, 6) is -2.60. The summed E-state index contributed by atoms with van der Waals surface area (Å²) in [5, 5.41) is 9.94. The number of hydrogen-bond acceptors (Lipinski definition) is 2. The Balaban J connectivity index is 2.38. The minimum absolute atomic E-state index is 0.0387. The molecule has 0 aliphatic rings. The van der Waals surface area contributed by atoms with Crippen LogP contribution in [0, 0.1) is 25.5 Å². The smallest absolute Gasteiger partial charge is 0.336 e. The van der Waals surface area contributed by atoms with Crippen LogP contribution in [0.15, 0.2) is 36.4 Å². The number of rotatable bonds is 2. The first-order valence-electron chi connectivity index (χ1n) is 6.98. The van der Waals surface area contributed by atoms with Crippen molar-refractivity contribution in [2.45, 2.75) is 13.8 Å². The zero-order chi connectivity index (χ0) is 16.7. The van der Waals surface area contributed by atoms with Gasteiger partial charge in [0.05, 0.1) is 16.8 Å². The normalized spacial score (nSPS) is 11.0. The third kappa shape index (κ3) is 2.54. The van der Waals surface area contributed by atoms with E-state index < -0.39 is 17.6 Å². The van der Waals surface area contributed by atoms with Crippen molar-refractivity contribution >= 4 is 16.9 Å². The molecule has 0 aliphatic heterocycles. The number of carboxylic acid groups (broad SMARTS) is 1. The van der Waals surface area contributed by atoms with Crippen molar-refractivity contribution in [2.75, 3.05) is 0 Å². The molecule has 2 aromatic carbocycles. The molecule has 0 fully saturated rings. The van der Waals surface area contributed by atoms with Crippen molar-refractivity contribution in [3.05, 3.63) is 64.7 Å². The van der Waals surface area contributed by atoms with E-state index >= 15 is 0 Å². The van der Waals surface area contributed by atoms with Crippen LogP contribution in [0.25, 0.3) is 22.2 Å². The minimum atomic E-state index is -1.12. The lowest BCUT2D eigenvalue weighted by molar-refractivity contribution is 0.0699. The molecular formula is C18H13F2NO2. The predicted molar refractivity (Wildman–Crippen MR) is 83.5 cm³/mol. The molecule has 0 saturated carbocycles. The van der Waals surface area contributed by atoms with Gasteiger partial charge in [0.1, 0.15) is 11.6 Å². The van der Waals surface area contributed by atoms with Crippen LogP contribution in [0.2, 0.25) is 0 Å².